The van der Waals surface area contributed by atoms with E-state index in [1.165, 1.54) is 5.56 Å². The molecule has 0 saturated heterocycles. The molecule has 0 amide bonds. The maximum Gasteiger partial charge on any atom is 0.168 e. The fourth-order valence-corrected chi connectivity index (χ4v) is 4.86. The van der Waals surface area contributed by atoms with Crippen molar-refractivity contribution >= 4 is 28.4 Å². The van der Waals surface area contributed by atoms with Gasteiger partial charge in [-0.3, -0.25) is 4.98 Å². The number of halogens is 2. The summed E-state index contributed by atoms with van der Waals surface area (Å²) < 4.78 is 27.3. The van der Waals surface area contributed by atoms with E-state index in [1.54, 1.807) is 24.5 Å². The quantitative estimate of drug-likeness (QED) is 0.345. The van der Waals surface area contributed by atoms with Crippen molar-refractivity contribution in [1.82, 2.24) is 24.9 Å². The Morgan fingerprint density at radius 1 is 0.944 bits per heavy atom. The Labute approximate surface area is 206 Å². The predicted molar refractivity (Wildman–Crippen MR) is 134 cm³/mol. The normalized spacial score (nSPS) is 19.9. The lowest BCUT2D eigenvalue weighted by molar-refractivity contribution is 0.409. The topological polar surface area (TPSA) is 115 Å². The third kappa shape index (κ3) is 4.68. The Kier molecular flexibility index (Phi) is 5.88. The second-order valence-corrected chi connectivity index (χ2v) is 9.60. The number of anilines is 3. The number of fused-ring (bicyclic) bond motifs is 1. The van der Waals surface area contributed by atoms with E-state index in [0.29, 0.717) is 23.1 Å². The van der Waals surface area contributed by atoms with Crippen LogP contribution in [0.2, 0.25) is 0 Å². The van der Waals surface area contributed by atoms with Crippen molar-refractivity contribution in [3.05, 3.63) is 60.2 Å². The van der Waals surface area contributed by atoms with E-state index in [1.807, 2.05) is 6.20 Å². The standard InChI is InChI=1S/C26H26F2N8/c27-16-9-20(28)25(32-11-16)35-22-8-15(6-7-31-22)24-34-21-13-30-12-19(14-4-5-14)23(21)26(36-24)33-18-3-1-2-17(29)10-18/h6-9,11-14,17-18H,1-5,10,29H2,(H,31,32,35)(H,33,34,36). The molecule has 2 saturated carbocycles. The molecule has 2 atom stereocenters. The van der Waals surface area contributed by atoms with Gasteiger partial charge >= 0.3 is 0 Å². The van der Waals surface area contributed by atoms with Crippen molar-refractivity contribution < 1.29 is 8.78 Å². The summed E-state index contributed by atoms with van der Waals surface area (Å²) in [5, 5.41) is 7.49. The van der Waals surface area contributed by atoms with Crippen molar-refractivity contribution in [2.45, 2.75) is 56.5 Å². The van der Waals surface area contributed by atoms with Gasteiger partial charge in [0, 0.05) is 41.5 Å². The van der Waals surface area contributed by atoms with Crippen LogP contribution in [0.25, 0.3) is 22.3 Å². The maximum atomic E-state index is 14.1. The van der Waals surface area contributed by atoms with E-state index < -0.39 is 11.6 Å². The van der Waals surface area contributed by atoms with Crippen molar-refractivity contribution in [2.75, 3.05) is 10.6 Å². The first-order valence-electron chi connectivity index (χ1n) is 12.3. The van der Waals surface area contributed by atoms with Crippen LogP contribution in [0.3, 0.4) is 0 Å². The second kappa shape index (κ2) is 9.34. The monoisotopic (exact) mass is 488 g/mol. The van der Waals surface area contributed by atoms with Gasteiger partial charge in [-0.25, -0.2) is 28.7 Å². The Balaban J connectivity index is 1.39. The fourth-order valence-electron chi connectivity index (χ4n) is 4.86. The zero-order valence-corrected chi connectivity index (χ0v) is 19.6. The summed E-state index contributed by atoms with van der Waals surface area (Å²) in [7, 11) is 0. The highest BCUT2D eigenvalue weighted by atomic mass is 19.1. The highest BCUT2D eigenvalue weighted by molar-refractivity contribution is 5.93. The third-order valence-corrected chi connectivity index (χ3v) is 6.78. The van der Waals surface area contributed by atoms with Gasteiger partial charge in [-0.2, -0.15) is 0 Å². The minimum absolute atomic E-state index is 0.116. The first-order chi connectivity index (χ1) is 17.5. The van der Waals surface area contributed by atoms with Crippen LogP contribution >= 0.6 is 0 Å². The molecule has 0 aliphatic heterocycles. The summed E-state index contributed by atoms with van der Waals surface area (Å²) in [6.07, 6.45) is 12.6. The zero-order valence-electron chi connectivity index (χ0n) is 19.6. The Morgan fingerprint density at radius 3 is 2.64 bits per heavy atom. The molecule has 0 radical (unpaired) electrons. The van der Waals surface area contributed by atoms with Crippen LogP contribution in [-0.2, 0) is 0 Å². The number of hydrogen-bond acceptors (Lipinski definition) is 8. The molecule has 184 valence electrons. The van der Waals surface area contributed by atoms with E-state index >= 15 is 0 Å². The highest BCUT2D eigenvalue weighted by Crippen LogP contribution is 2.44. The van der Waals surface area contributed by atoms with Gasteiger partial charge in [0.15, 0.2) is 17.5 Å². The molecule has 2 fully saturated rings. The summed E-state index contributed by atoms with van der Waals surface area (Å²) in [5.41, 5.74) is 8.89. The summed E-state index contributed by atoms with van der Waals surface area (Å²) in [6, 6.07) is 4.69. The summed E-state index contributed by atoms with van der Waals surface area (Å²) >= 11 is 0. The van der Waals surface area contributed by atoms with Crippen LogP contribution in [0.5, 0.6) is 0 Å². The van der Waals surface area contributed by atoms with Gasteiger partial charge in [-0.05, 0) is 62.1 Å². The van der Waals surface area contributed by atoms with Crippen molar-refractivity contribution in [2.24, 2.45) is 5.73 Å². The van der Waals surface area contributed by atoms with Gasteiger partial charge in [-0.15, -0.1) is 0 Å². The number of aromatic nitrogens is 5. The summed E-state index contributed by atoms with van der Waals surface area (Å²) in [5.74, 6) is 0.442. The molecule has 2 aliphatic carbocycles. The Morgan fingerprint density at radius 2 is 1.83 bits per heavy atom. The molecule has 2 unspecified atom stereocenters. The molecule has 4 aromatic rings. The van der Waals surface area contributed by atoms with Crippen LogP contribution in [0.15, 0.2) is 43.0 Å². The number of nitrogens with two attached hydrogens (primary N) is 1. The van der Waals surface area contributed by atoms with Crippen molar-refractivity contribution in [3.63, 3.8) is 0 Å². The molecule has 6 rings (SSSR count). The number of nitrogens with zero attached hydrogens (tertiary/aromatic N) is 5. The zero-order chi connectivity index (χ0) is 24.6. The molecule has 8 nitrogen and oxygen atoms in total. The minimum atomic E-state index is -0.806. The van der Waals surface area contributed by atoms with Gasteiger partial charge in [0.1, 0.15) is 17.5 Å². The van der Waals surface area contributed by atoms with Crippen LogP contribution in [0.1, 0.15) is 50.0 Å². The van der Waals surface area contributed by atoms with Gasteiger partial charge in [0.05, 0.1) is 17.9 Å². The number of rotatable bonds is 6. The number of hydrogen-bond donors (Lipinski definition) is 3. The van der Waals surface area contributed by atoms with E-state index in [2.05, 4.69) is 25.6 Å². The van der Waals surface area contributed by atoms with Crippen LogP contribution in [0.4, 0.5) is 26.2 Å². The average molecular weight is 489 g/mol. The smallest absolute Gasteiger partial charge is 0.168 e. The average Bonchev–Trinajstić information content (AvgIpc) is 3.71. The molecular formula is C26H26F2N8. The van der Waals surface area contributed by atoms with Gasteiger partial charge in [-0.1, -0.05) is 0 Å². The highest BCUT2D eigenvalue weighted by Gasteiger charge is 2.29. The Hall–Kier alpha value is -3.79. The van der Waals surface area contributed by atoms with Crippen LogP contribution < -0.4 is 16.4 Å². The van der Waals surface area contributed by atoms with Crippen LogP contribution in [-0.4, -0.2) is 37.0 Å². The molecule has 4 heterocycles. The van der Waals surface area contributed by atoms with E-state index in [9.17, 15) is 8.78 Å². The van der Waals surface area contributed by atoms with Crippen molar-refractivity contribution in [3.8, 4) is 11.4 Å². The largest absolute Gasteiger partial charge is 0.367 e. The van der Waals surface area contributed by atoms with E-state index in [4.69, 9.17) is 15.7 Å². The lowest BCUT2D eigenvalue weighted by Gasteiger charge is -2.28. The van der Waals surface area contributed by atoms with E-state index in [0.717, 1.165) is 67.5 Å². The summed E-state index contributed by atoms with van der Waals surface area (Å²) in [4.78, 5) is 22.3. The van der Waals surface area contributed by atoms with Crippen LogP contribution in [0, 0.1) is 11.6 Å². The fraction of sp³-hybridized carbons (Fsp3) is 0.346. The predicted octanol–water partition coefficient (Wildman–Crippen LogP) is 5.06. The molecule has 0 spiro atoms. The molecule has 36 heavy (non-hydrogen) atoms. The Bertz CT molecular complexity index is 1420. The molecule has 0 aromatic carbocycles. The molecule has 0 bridgehead atoms. The first kappa shape index (κ1) is 22.7. The number of nitrogens with one attached hydrogen (secondary N) is 2. The third-order valence-electron chi connectivity index (χ3n) is 6.78. The molecule has 4 aromatic heterocycles. The molecular weight excluding hydrogens is 462 g/mol. The van der Waals surface area contributed by atoms with Gasteiger partial charge in [0.25, 0.3) is 0 Å². The van der Waals surface area contributed by atoms with Gasteiger partial charge < -0.3 is 16.4 Å². The SMILES string of the molecule is NC1CCCC(Nc2nc(-c3ccnc(Nc4ncc(F)cc4F)c3)nc3cncc(C4CC4)c23)C1. The first-order valence-corrected chi connectivity index (χ1v) is 12.3. The minimum Gasteiger partial charge on any atom is -0.367 e. The lowest BCUT2D eigenvalue weighted by atomic mass is 9.91. The van der Waals surface area contributed by atoms with E-state index in [-0.39, 0.29) is 17.9 Å². The molecule has 4 N–H and O–H groups in total. The molecule has 10 heteroatoms. The van der Waals surface area contributed by atoms with Gasteiger partial charge in [0.2, 0.25) is 0 Å². The van der Waals surface area contributed by atoms with Crippen molar-refractivity contribution in [1.29, 1.82) is 0 Å². The lowest BCUT2D eigenvalue weighted by Crippen LogP contribution is -2.35. The summed E-state index contributed by atoms with van der Waals surface area (Å²) in [6.45, 7) is 0. The number of pyridine rings is 3. The molecule has 2 aliphatic rings. The maximum absolute atomic E-state index is 14.1. The second-order valence-electron chi connectivity index (χ2n) is 9.60.